The Morgan fingerprint density at radius 2 is 1.84 bits per heavy atom. The molecule has 2 aliphatic rings. The number of piperidine rings is 1. The van der Waals surface area contributed by atoms with Crippen LogP contribution in [0.25, 0.3) is 10.2 Å². The molecule has 2 N–H and O–H groups in total. The number of likely N-dealkylation sites (tertiary alicyclic amines) is 1. The Morgan fingerprint density at radius 3 is 2.61 bits per heavy atom. The number of nitrogens with two attached hydrogens (primary N) is 1. The van der Waals surface area contributed by atoms with Gasteiger partial charge in [-0.25, -0.2) is 4.98 Å². The second-order valence-electron chi connectivity index (χ2n) is 7.96. The summed E-state index contributed by atoms with van der Waals surface area (Å²) in [6.07, 6.45) is 2.16. The lowest BCUT2D eigenvalue weighted by Crippen LogP contribution is -2.43. The van der Waals surface area contributed by atoms with Crippen LogP contribution in [0.2, 0.25) is 0 Å². The Bertz CT molecular complexity index is 1130. The molecule has 0 unspecified atom stereocenters. The fraction of sp³-hybridized carbons (Fsp3) is 0.304. The molecule has 1 saturated heterocycles. The van der Waals surface area contributed by atoms with Crippen LogP contribution in [0.15, 0.2) is 59.7 Å². The number of hydrogen-bond acceptors (Lipinski definition) is 6. The topological polar surface area (TPSA) is 91.9 Å². The maximum absolute atomic E-state index is 13.3. The summed E-state index contributed by atoms with van der Waals surface area (Å²) in [5.41, 5.74) is 7.76. The van der Waals surface area contributed by atoms with Crippen LogP contribution in [0.3, 0.4) is 0 Å². The lowest BCUT2D eigenvalue weighted by Gasteiger charge is -2.31. The molecule has 5 rings (SSSR count). The molecule has 31 heavy (non-hydrogen) atoms. The van der Waals surface area contributed by atoms with E-state index in [0.717, 1.165) is 29.1 Å². The fourth-order valence-electron chi connectivity index (χ4n) is 4.29. The van der Waals surface area contributed by atoms with Gasteiger partial charge in [0.25, 0.3) is 5.91 Å². The summed E-state index contributed by atoms with van der Waals surface area (Å²) >= 11 is 1.70. The van der Waals surface area contributed by atoms with Crippen molar-refractivity contribution in [3.8, 4) is 0 Å². The highest BCUT2D eigenvalue weighted by Gasteiger charge is 2.37. The lowest BCUT2D eigenvalue weighted by molar-refractivity contribution is -0.125. The number of aromatic nitrogens is 1. The highest BCUT2D eigenvalue weighted by atomic mass is 32.1. The second-order valence-corrected chi connectivity index (χ2v) is 9.02. The van der Waals surface area contributed by atoms with Crippen molar-refractivity contribution in [3.63, 3.8) is 0 Å². The minimum atomic E-state index is -0.647. The molecule has 2 atom stereocenters. The summed E-state index contributed by atoms with van der Waals surface area (Å²) in [5, 5.41) is 7.16. The van der Waals surface area contributed by atoms with Crippen molar-refractivity contribution < 1.29 is 9.59 Å². The fourth-order valence-corrected chi connectivity index (χ4v) is 5.38. The van der Waals surface area contributed by atoms with Gasteiger partial charge in [-0.05, 0) is 37.1 Å². The predicted molar refractivity (Wildman–Crippen MR) is 122 cm³/mol. The van der Waals surface area contributed by atoms with Gasteiger partial charge < -0.3 is 10.6 Å². The van der Waals surface area contributed by atoms with Crippen LogP contribution in [-0.4, -0.2) is 46.5 Å². The number of carbonyl (C=O) groups is 2. The Morgan fingerprint density at radius 1 is 1.06 bits per heavy atom. The molecule has 7 nitrogen and oxygen atoms in total. The molecule has 0 saturated carbocycles. The van der Waals surface area contributed by atoms with E-state index in [-0.39, 0.29) is 18.2 Å². The smallest absolute Gasteiger partial charge is 0.270 e. The van der Waals surface area contributed by atoms with Gasteiger partial charge in [-0.15, -0.1) is 11.3 Å². The first-order valence-electron chi connectivity index (χ1n) is 10.5. The number of hydrazone groups is 1. The molecule has 8 heteroatoms. The number of primary amides is 1. The van der Waals surface area contributed by atoms with Crippen LogP contribution in [0.4, 0.5) is 5.69 Å². The van der Waals surface area contributed by atoms with Crippen LogP contribution in [-0.2, 0) is 9.59 Å². The minimum Gasteiger partial charge on any atom is -0.368 e. The minimum absolute atomic E-state index is 0.115. The number of hydrogen-bond donors (Lipinski definition) is 1. The van der Waals surface area contributed by atoms with Gasteiger partial charge in [-0.3, -0.25) is 14.6 Å². The maximum Gasteiger partial charge on any atom is 0.270 e. The molecular weight excluding hydrogens is 410 g/mol. The van der Waals surface area contributed by atoms with Crippen LogP contribution in [0.5, 0.6) is 0 Å². The number of amides is 2. The molecule has 3 aromatic rings. The first kappa shape index (κ1) is 19.7. The van der Waals surface area contributed by atoms with E-state index in [1.807, 2.05) is 53.4 Å². The summed E-state index contributed by atoms with van der Waals surface area (Å²) in [4.78, 5) is 32.0. The Hall–Kier alpha value is -3.26. The van der Waals surface area contributed by atoms with Gasteiger partial charge >= 0.3 is 0 Å². The monoisotopic (exact) mass is 433 g/mol. The molecule has 0 aliphatic carbocycles. The Kier molecular flexibility index (Phi) is 5.15. The number of carbonyl (C=O) groups excluding carboxylic acids is 2. The molecule has 0 bridgehead atoms. The van der Waals surface area contributed by atoms with E-state index in [1.165, 1.54) is 4.70 Å². The van der Waals surface area contributed by atoms with Crippen LogP contribution in [0.1, 0.15) is 30.2 Å². The van der Waals surface area contributed by atoms with Crippen LogP contribution >= 0.6 is 11.3 Å². The van der Waals surface area contributed by atoms with Crippen molar-refractivity contribution >= 4 is 44.8 Å². The van der Waals surface area contributed by atoms with Gasteiger partial charge in [0.15, 0.2) is 0 Å². The van der Waals surface area contributed by atoms with Crippen molar-refractivity contribution in [2.75, 3.05) is 18.1 Å². The zero-order chi connectivity index (χ0) is 21.4. The van der Waals surface area contributed by atoms with Crippen molar-refractivity contribution in [2.45, 2.75) is 31.2 Å². The largest absolute Gasteiger partial charge is 0.368 e. The van der Waals surface area contributed by atoms with Crippen LogP contribution < -0.4 is 10.7 Å². The van der Waals surface area contributed by atoms with Gasteiger partial charge in [0.1, 0.15) is 11.8 Å². The van der Waals surface area contributed by atoms with Crippen LogP contribution in [0, 0.1) is 0 Å². The van der Waals surface area contributed by atoms with E-state index < -0.39 is 11.9 Å². The molecule has 1 aromatic heterocycles. The number of thiazole rings is 1. The summed E-state index contributed by atoms with van der Waals surface area (Å²) < 4.78 is 1.17. The van der Waals surface area contributed by atoms with Gasteiger partial charge in [0, 0.05) is 25.4 Å². The van der Waals surface area contributed by atoms with Crippen molar-refractivity contribution in [1.29, 1.82) is 0 Å². The predicted octanol–water partition coefficient (Wildman–Crippen LogP) is 3.12. The summed E-state index contributed by atoms with van der Waals surface area (Å²) in [6, 6.07) is 16.8. The number of fused-ring (bicyclic) bond motifs is 1. The Balaban J connectivity index is 1.36. The molecular formula is C23H23N5O2S. The maximum atomic E-state index is 13.3. The van der Waals surface area contributed by atoms with Gasteiger partial charge in [-0.2, -0.15) is 5.10 Å². The zero-order valence-electron chi connectivity index (χ0n) is 17.0. The standard InChI is InChI=1S/C23H23N5O2S/c24-21(29)19-13-18(26-28(19)16-8-2-1-3-9-16)23(30)27-12-6-7-15(14-27)22-25-17-10-4-5-11-20(17)31-22/h1-5,8-11,15,19H,6-7,12-14H2,(H2,24,29)/t15-,19-/m0/s1. The molecule has 0 spiro atoms. The van der Waals surface area contributed by atoms with E-state index in [1.54, 1.807) is 16.3 Å². The number of benzene rings is 2. The average molecular weight is 434 g/mol. The van der Waals surface area contributed by atoms with Crippen molar-refractivity contribution in [2.24, 2.45) is 10.8 Å². The van der Waals surface area contributed by atoms with Gasteiger partial charge in [-0.1, -0.05) is 30.3 Å². The molecule has 1 fully saturated rings. The van der Waals surface area contributed by atoms with Crippen molar-refractivity contribution in [3.05, 3.63) is 59.6 Å². The van der Waals surface area contributed by atoms with Gasteiger partial charge in [0.2, 0.25) is 5.91 Å². The molecule has 2 aromatic carbocycles. The SMILES string of the molecule is NC(=O)[C@@H]1CC(C(=O)N2CCC[C@H](c3nc4ccccc4s3)C2)=NN1c1ccccc1. The second kappa shape index (κ2) is 8.11. The summed E-state index contributed by atoms with van der Waals surface area (Å²) in [7, 11) is 0. The Labute approximate surface area is 184 Å². The molecule has 158 valence electrons. The van der Waals surface area contributed by atoms with E-state index in [0.29, 0.717) is 18.8 Å². The third-order valence-electron chi connectivity index (χ3n) is 5.87. The zero-order valence-corrected chi connectivity index (χ0v) is 17.8. The summed E-state index contributed by atoms with van der Waals surface area (Å²) in [6.45, 7) is 1.30. The number of rotatable bonds is 4. The van der Waals surface area contributed by atoms with E-state index in [9.17, 15) is 9.59 Å². The number of anilines is 1. The van der Waals surface area contributed by atoms with E-state index >= 15 is 0 Å². The molecule has 2 aliphatic heterocycles. The highest BCUT2D eigenvalue weighted by Crippen LogP contribution is 2.33. The lowest BCUT2D eigenvalue weighted by atomic mass is 9.98. The summed E-state index contributed by atoms with van der Waals surface area (Å²) in [5.74, 6) is -0.383. The molecule has 3 heterocycles. The molecule has 0 radical (unpaired) electrons. The van der Waals surface area contributed by atoms with E-state index in [2.05, 4.69) is 11.2 Å². The van der Waals surface area contributed by atoms with Gasteiger partial charge in [0.05, 0.1) is 20.9 Å². The number of nitrogens with zero attached hydrogens (tertiary/aromatic N) is 4. The number of para-hydroxylation sites is 2. The first-order chi connectivity index (χ1) is 15.1. The van der Waals surface area contributed by atoms with Crippen molar-refractivity contribution in [1.82, 2.24) is 9.88 Å². The average Bonchev–Trinajstić information content (AvgIpc) is 3.44. The first-order valence-corrected chi connectivity index (χ1v) is 11.3. The van der Waals surface area contributed by atoms with E-state index in [4.69, 9.17) is 10.7 Å². The molecule has 2 amide bonds. The highest BCUT2D eigenvalue weighted by molar-refractivity contribution is 7.18. The normalized spacial score (nSPS) is 21.4. The quantitative estimate of drug-likeness (QED) is 0.684. The third kappa shape index (κ3) is 3.79. The third-order valence-corrected chi connectivity index (χ3v) is 7.07.